The monoisotopic (exact) mass is 421 g/mol. The van der Waals surface area contributed by atoms with Crippen LogP contribution in [0.4, 0.5) is 21.2 Å². The Balaban J connectivity index is 1.69. The van der Waals surface area contributed by atoms with Crippen LogP contribution in [0.25, 0.3) is 0 Å². The van der Waals surface area contributed by atoms with E-state index in [-0.39, 0.29) is 10.7 Å². The minimum Gasteiger partial charge on any atom is -0.320 e. The third-order valence-corrected chi connectivity index (χ3v) is 4.85. The number of halogens is 2. The number of nitrogens with zero attached hydrogens (tertiary/aromatic N) is 2. The molecule has 0 unspecified atom stereocenters. The van der Waals surface area contributed by atoms with E-state index in [4.69, 9.17) is 23.2 Å². The number of aromatic nitrogens is 2. The molecule has 0 saturated carbocycles. The molecular formula is C17H13Cl2N5O2S. The Bertz CT molecular complexity index is 991. The summed E-state index contributed by atoms with van der Waals surface area (Å²) in [4.78, 5) is 24.6. The standard InChI is InChI=1S/C17H13Cl2N5O2S/c1-9-12(19)3-2-4-13(9)21-15(25)14-16(27-24-23-14)22-17(26)20-11-7-5-10(18)6-8-11/h2-8H,1H3,(H,21,25)(H2,20,22,26). The second-order valence-electron chi connectivity index (χ2n) is 5.40. The summed E-state index contributed by atoms with van der Waals surface area (Å²) in [6.07, 6.45) is 0. The largest absolute Gasteiger partial charge is 0.324 e. The smallest absolute Gasteiger partial charge is 0.320 e. The Morgan fingerprint density at radius 3 is 2.48 bits per heavy atom. The molecule has 1 aromatic heterocycles. The van der Waals surface area contributed by atoms with E-state index in [1.165, 1.54) is 0 Å². The van der Waals surface area contributed by atoms with Gasteiger partial charge in [-0.05, 0) is 48.9 Å². The number of rotatable bonds is 4. The van der Waals surface area contributed by atoms with Crippen LogP contribution in [-0.4, -0.2) is 21.5 Å². The Hall–Kier alpha value is -2.68. The fourth-order valence-corrected chi connectivity index (χ4v) is 3.01. The first-order valence-electron chi connectivity index (χ1n) is 7.66. The van der Waals surface area contributed by atoms with Gasteiger partial charge in [0.25, 0.3) is 5.91 Å². The van der Waals surface area contributed by atoms with Crippen LogP contribution in [0.3, 0.4) is 0 Å². The average Bonchev–Trinajstić information content (AvgIpc) is 3.09. The van der Waals surface area contributed by atoms with Gasteiger partial charge in [0, 0.05) is 33.0 Å². The highest BCUT2D eigenvalue weighted by Gasteiger charge is 2.19. The van der Waals surface area contributed by atoms with E-state index in [1.54, 1.807) is 49.4 Å². The minimum atomic E-state index is -0.531. The average molecular weight is 422 g/mol. The summed E-state index contributed by atoms with van der Waals surface area (Å²) in [5, 5.41) is 13.0. The van der Waals surface area contributed by atoms with Crippen molar-refractivity contribution in [3.63, 3.8) is 0 Å². The van der Waals surface area contributed by atoms with Crippen LogP contribution in [0.15, 0.2) is 42.5 Å². The first-order valence-corrected chi connectivity index (χ1v) is 9.19. The summed E-state index contributed by atoms with van der Waals surface area (Å²) in [5.41, 5.74) is 1.84. The van der Waals surface area contributed by atoms with Gasteiger partial charge in [-0.1, -0.05) is 33.8 Å². The van der Waals surface area contributed by atoms with Crippen LogP contribution < -0.4 is 16.0 Å². The molecule has 3 aromatic rings. The van der Waals surface area contributed by atoms with E-state index in [1.807, 2.05) is 0 Å². The molecule has 10 heteroatoms. The van der Waals surface area contributed by atoms with E-state index < -0.39 is 11.9 Å². The zero-order valence-corrected chi connectivity index (χ0v) is 16.2. The second-order valence-corrected chi connectivity index (χ2v) is 7.00. The van der Waals surface area contributed by atoms with Gasteiger partial charge in [0.05, 0.1) is 0 Å². The zero-order chi connectivity index (χ0) is 19.4. The molecule has 2 aromatic carbocycles. The molecule has 0 fully saturated rings. The molecule has 3 rings (SSSR count). The molecule has 0 aliphatic heterocycles. The normalized spacial score (nSPS) is 10.3. The third kappa shape index (κ3) is 4.73. The maximum absolute atomic E-state index is 12.5. The molecule has 0 atom stereocenters. The van der Waals surface area contributed by atoms with Gasteiger partial charge in [-0.15, -0.1) is 5.10 Å². The summed E-state index contributed by atoms with van der Waals surface area (Å²) < 4.78 is 3.74. The van der Waals surface area contributed by atoms with Gasteiger partial charge in [-0.25, -0.2) is 4.79 Å². The maximum atomic E-state index is 12.5. The van der Waals surface area contributed by atoms with Crippen LogP contribution in [0.2, 0.25) is 10.0 Å². The van der Waals surface area contributed by atoms with Crippen molar-refractivity contribution in [2.75, 3.05) is 16.0 Å². The topological polar surface area (TPSA) is 96.0 Å². The molecular weight excluding hydrogens is 409 g/mol. The molecule has 3 N–H and O–H groups in total. The number of benzene rings is 2. The maximum Gasteiger partial charge on any atom is 0.324 e. The van der Waals surface area contributed by atoms with Crippen LogP contribution in [0.5, 0.6) is 0 Å². The lowest BCUT2D eigenvalue weighted by atomic mass is 10.2. The number of anilines is 3. The van der Waals surface area contributed by atoms with Gasteiger partial charge in [0.2, 0.25) is 0 Å². The Morgan fingerprint density at radius 1 is 1.00 bits per heavy atom. The first kappa shape index (κ1) is 19.1. The number of carbonyl (C=O) groups is 2. The van der Waals surface area contributed by atoms with Crippen molar-refractivity contribution in [3.05, 3.63) is 63.8 Å². The minimum absolute atomic E-state index is 0.00521. The molecule has 1 heterocycles. The highest BCUT2D eigenvalue weighted by Crippen LogP contribution is 2.25. The van der Waals surface area contributed by atoms with Crippen molar-refractivity contribution in [3.8, 4) is 0 Å². The van der Waals surface area contributed by atoms with E-state index in [2.05, 4.69) is 25.5 Å². The molecule has 3 amide bonds. The van der Waals surface area contributed by atoms with E-state index in [0.29, 0.717) is 21.4 Å². The molecule has 27 heavy (non-hydrogen) atoms. The van der Waals surface area contributed by atoms with Gasteiger partial charge in [-0.3, -0.25) is 10.1 Å². The predicted molar refractivity (Wildman–Crippen MR) is 108 cm³/mol. The predicted octanol–water partition coefficient (Wildman–Crippen LogP) is 5.05. The number of nitrogens with one attached hydrogen (secondary N) is 3. The summed E-state index contributed by atoms with van der Waals surface area (Å²) in [6.45, 7) is 1.79. The zero-order valence-electron chi connectivity index (χ0n) is 13.9. The van der Waals surface area contributed by atoms with Gasteiger partial charge in [-0.2, -0.15) is 0 Å². The van der Waals surface area contributed by atoms with Crippen molar-refractivity contribution in [2.24, 2.45) is 0 Å². The first-order chi connectivity index (χ1) is 12.9. The quantitative estimate of drug-likeness (QED) is 0.548. The highest BCUT2D eigenvalue weighted by atomic mass is 35.5. The van der Waals surface area contributed by atoms with Crippen LogP contribution in [0.1, 0.15) is 16.1 Å². The summed E-state index contributed by atoms with van der Waals surface area (Å²) >= 11 is 12.8. The third-order valence-electron chi connectivity index (χ3n) is 3.55. The van der Waals surface area contributed by atoms with E-state index in [9.17, 15) is 9.59 Å². The molecule has 0 radical (unpaired) electrons. The summed E-state index contributed by atoms with van der Waals surface area (Å²) in [6, 6.07) is 11.3. The van der Waals surface area contributed by atoms with Crippen LogP contribution >= 0.6 is 34.7 Å². The van der Waals surface area contributed by atoms with Crippen molar-refractivity contribution in [1.29, 1.82) is 0 Å². The number of urea groups is 1. The number of hydrogen-bond acceptors (Lipinski definition) is 5. The highest BCUT2D eigenvalue weighted by molar-refractivity contribution is 7.10. The number of carbonyl (C=O) groups excluding carboxylic acids is 2. The second kappa shape index (κ2) is 8.34. The molecule has 0 aliphatic rings. The van der Waals surface area contributed by atoms with Gasteiger partial charge in [0.15, 0.2) is 10.7 Å². The van der Waals surface area contributed by atoms with Crippen molar-refractivity contribution in [1.82, 2.24) is 9.59 Å². The fourth-order valence-electron chi connectivity index (χ4n) is 2.14. The summed E-state index contributed by atoms with van der Waals surface area (Å²) in [7, 11) is 0. The van der Waals surface area contributed by atoms with Crippen LogP contribution in [-0.2, 0) is 0 Å². The van der Waals surface area contributed by atoms with Gasteiger partial charge < -0.3 is 10.6 Å². The number of hydrogen-bond donors (Lipinski definition) is 3. The Kier molecular flexibility index (Phi) is 5.90. The molecule has 138 valence electrons. The lowest BCUT2D eigenvalue weighted by molar-refractivity contribution is 0.102. The van der Waals surface area contributed by atoms with E-state index in [0.717, 1.165) is 17.1 Å². The molecule has 0 aliphatic carbocycles. The van der Waals surface area contributed by atoms with Crippen molar-refractivity contribution in [2.45, 2.75) is 6.92 Å². The SMILES string of the molecule is Cc1c(Cl)cccc1NC(=O)c1nnsc1NC(=O)Nc1ccc(Cl)cc1. The summed E-state index contributed by atoms with van der Waals surface area (Å²) in [5.74, 6) is -0.504. The lowest BCUT2D eigenvalue weighted by Gasteiger charge is -2.09. The van der Waals surface area contributed by atoms with E-state index >= 15 is 0 Å². The van der Waals surface area contributed by atoms with Crippen LogP contribution in [0, 0.1) is 6.92 Å². The molecule has 0 spiro atoms. The Morgan fingerprint density at radius 2 is 1.74 bits per heavy atom. The Labute approximate surface area is 168 Å². The van der Waals surface area contributed by atoms with Gasteiger partial charge in [0.1, 0.15) is 0 Å². The number of amides is 3. The molecule has 0 bridgehead atoms. The molecule has 0 saturated heterocycles. The van der Waals surface area contributed by atoms with Crippen molar-refractivity contribution >= 4 is 63.0 Å². The van der Waals surface area contributed by atoms with Crippen molar-refractivity contribution < 1.29 is 9.59 Å². The fraction of sp³-hybridized carbons (Fsp3) is 0.0588. The lowest BCUT2D eigenvalue weighted by Crippen LogP contribution is -2.21. The van der Waals surface area contributed by atoms with Gasteiger partial charge >= 0.3 is 6.03 Å². The molecule has 7 nitrogen and oxygen atoms in total.